The van der Waals surface area contributed by atoms with E-state index in [1.165, 1.54) is 33.1 Å². The summed E-state index contributed by atoms with van der Waals surface area (Å²) in [6, 6.07) is 5.62. The molecule has 1 unspecified atom stereocenters. The lowest BCUT2D eigenvalue weighted by Gasteiger charge is -2.40. The molecule has 0 radical (unpaired) electrons. The Kier molecular flexibility index (Phi) is 8.41. The predicted octanol–water partition coefficient (Wildman–Crippen LogP) is 2.18. The fraction of sp³-hybridized carbons (Fsp3) is 0.600. The van der Waals surface area contributed by atoms with E-state index in [0.717, 1.165) is 13.0 Å². The molecule has 0 bridgehead atoms. The van der Waals surface area contributed by atoms with Gasteiger partial charge in [-0.15, -0.1) is 0 Å². The molecule has 8 nitrogen and oxygen atoms in total. The maximum atomic E-state index is 14.0. The molecule has 3 rings (SSSR count). The van der Waals surface area contributed by atoms with Crippen LogP contribution in [0, 0.1) is 11.7 Å². The Hall–Kier alpha value is -2.81. The van der Waals surface area contributed by atoms with Gasteiger partial charge in [-0.2, -0.15) is 0 Å². The minimum Gasteiger partial charge on any atom is -0.469 e. The van der Waals surface area contributed by atoms with Gasteiger partial charge in [0.05, 0.1) is 13.2 Å². The minimum atomic E-state index is -1.22. The normalized spacial score (nSPS) is 23.9. The van der Waals surface area contributed by atoms with Crippen LogP contribution in [0.15, 0.2) is 24.3 Å². The zero-order valence-corrected chi connectivity index (χ0v) is 20.0. The SMILES string of the molecule is COC(=O)[C@@H](CC(=O)C1(Cc2cccc(F)c2)CCCN1C(=O)[C@@H]1CCCN1)[C@@H](C)OC(C)=O. The molecular formula is C25H33FN2O6. The van der Waals surface area contributed by atoms with Crippen molar-refractivity contribution in [1.29, 1.82) is 0 Å². The second-order valence-electron chi connectivity index (χ2n) is 9.15. The van der Waals surface area contributed by atoms with Crippen molar-refractivity contribution in [3.63, 3.8) is 0 Å². The van der Waals surface area contributed by atoms with E-state index in [0.29, 0.717) is 31.4 Å². The summed E-state index contributed by atoms with van der Waals surface area (Å²) < 4.78 is 24.0. The number of carbonyl (C=O) groups is 4. The largest absolute Gasteiger partial charge is 0.469 e. The van der Waals surface area contributed by atoms with Crippen molar-refractivity contribution in [3.05, 3.63) is 35.6 Å². The zero-order valence-electron chi connectivity index (χ0n) is 20.0. The third-order valence-electron chi connectivity index (χ3n) is 6.85. The van der Waals surface area contributed by atoms with Crippen molar-refractivity contribution in [3.8, 4) is 0 Å². The van der Waals surface area contributed by atoms with Crippen LogP contribution in [0.5, 0.6) is 0 Å². The lowest BCUT2D eigenvalue weighted by molar-refractivity contribution is -0.160. The number of rotatable bonds is 9. The molecule has 4 atom stereocenters. The average Bonchev–Trinajstić information content (AvgIpc) is 3.47. The van der Waals surface area contributed by atoms with Crippen LogP contribution in [0.1, 0.15) is 51.5 Å². The number of likely N-dealkylation sites (tertiary alicyclic amines) is 1. The molecule has 0 aliphatic carbocycles. The molecule has 1 aromatic rings. The fourth-order valence-electron chi connectivity index (χ4n) is 5.17. The number of esters is 2. The van der Waals surface area contributed by atoms with Crippen molar-refractivity contribution in [1.82, 2.24) is 10.2 Å². The second kappa shape index (κ2) is 11.1. The monoisotopic (exact) mass is 476 g/mol. The fourth-order valence-corrected chi connectivity index (χ4v) is 5.17. The highest BCUT2D eigenvalue weighted by molar-refractivity contribution is 5.97. The molecular weight excluding hydrogens is 443 g/mol. The molecule has 0 saturated carbocycles. The highest BCUT2D eigenvalue weighted by atomic mass is 19.1. The van der Waals surface area contributed by atoms with E-state index in [9.17, 15) is 23.6 Å². The molecule has 2 aliphatic rings. The van der Waals surface area contributed by atoms with Crippen LogP contribution in [0.3, 0.4) is 0 Å². The molecule has 2 heterocycles. The summed E-state index contributed by atoms with van der Waals surface area (Å²) in [5, 5.41) is 3.20. The Morgan fingerprint density at radius 1 is 1.26 bits per heavy atom. The number of carbonyl (C=O) groups excluding carboxylic acids is 4. The summed E-state index contributed by atoms with van der Waals surface area (Å²) in [7, 11) is 1.21. The smallest absolute Gasteiger partial charge is 0.312 e. The van der Waals surface area contributed by atoms with Gasteiger partial charge < -0.3 is 19.7 Å². The molecule has 1 amide bonds. The van der Waals surface area contributed by atoms with Crippen molar-refractivity contribution >= 4 is 23.6 Å². The van der Waals surface area contributed by atoms with Crippen molar-refractivity contribution < 1.29 is 33.0 Å². The van der Waals surface area contributed by atoms with E-state index in [1.54, 1.807) is 17.0 Å². The predicted molar refractivity (Wildman–Crippen MR) is 121 cm³/mol. The minimum absolute atomic E-state index is 0.137. The summed E-state index contributed by atoms with van der Waals surface area (Å²) >= 11 is 0. The van der Waals surface area contributed by atoms with Crippen LogP contribution in [0.4, 0.5) is 4.39 Å². The lowest BCUT2D eigenvalue weighted by Crippen LogP contribution is -2.58. The van der Waals surface area contributed by atoms with Gasteiger partial charge in [0.2, 0.25) is 5.91 Å². The molecule has 2 aliphatic heterocycles. The first-order valence-corrected chi connectivity index (χ1v) is 11.8. The van der Waals surface area contributed by atoms with E-state index in [2.05, 4.69) is 5.32 Å². The average molecular weight is 477 g/mol. The third-order valence-corrected chi connectivity index (χ3v) is 6.85. The molecule has 0 spiro atoms. The first-order valence-electron chi connectivity index (χ1n) is 11.8. The van der Waals surface area contributed by atoms with Gasteiger partial charge in [-0.05, 0) is 56.8 Å². The number of methoxy groups -OCH3 is 1. The summed E-state index contributed by atoms with van der Waals surface area (Å²) in [6.07, 6.45) is 1.56. The van der Waals surface area contributed by atoms with E-state index < -0.39 is 35.3 Å². The summed E-state index contributed by atoms with van der Waals surface area (Å²) in [5.41, 5.74) is -0.632. The molecule has 1 N–H and O–H groups in total. The molecule has 1 aromatic carbocycles. The Labute approximate surface area is 199 Å². The number of benzene rings is 1. The summed E-state index contributed by atoms with van der Waals surface area (Å²) in [4.78, 5) is 53.0. The van der Waals surface area contributed by atoms with Gasteiger partial charge in [0.15, 0.2) is 5.78 Å². The summed E-state index contributed by atoms with van der Waals surface area (Å²) in [5.74, 6) is -3.17. The van der Waals surface area contributed by atoms with E-state index in [4.69, 9.17) is 9.47 Å². The number of hydrogen-bond donors (Lipinski definition) is 1. The number of nitrogens with one attached hydrogen (secondary N) is 1. The van der Waals surface area contributed by atoms with Gasteiger partial charge in [0.1, 0.15) is 23.4 Å². The van der Waals surface area contributed by atoms with E-state index in [-0.39, 0.29) is 30.6 Å². The molecule has 0 aromatic heterocycles. The summed E-state index contributed by atoms with van der Waals surface area (Å²) in [6.45, 7) is 3.90. The van der Waals surface area contributed by atoms with Crippen molar-refractivity contribution in [2.24, 2.45) is 5.92 Å². The molecule has 2 saturated heterocycles. The van der Waals surface area contributed by atoms with Crippen LogP contribution in [-0.2, 0) is 35.1 Å². The zero-order chi connectivity index (χ0) is 24.9. The van der Waals surface area contributed by atoms with Crippen molar-refractivity contribution in [2.75, 3.05) is 20.2 Å². The van der Waals surface area contributed by atoms with Crippen LogP contribution in [-0.4, -0.2) is 66.4 Å². The topological polar surface area (TPSA) is 102 Å². The number of hydrogen-bond acceptors (Lipinski definition) is 7. The molecule has 2 fully saturated rings. The van der Waals surface area contributed by atoms with Gasteiger partial charge in [-0.3, -0.25) is 19.2 Å². The van der Waals surface area contributed by atoms with E-state index >= 15 is 0 Å². The molecule has 34 heavy (non-hydrogen) atoms. The Morgan fingerprint density at radius 2 is 2.03 bits per heavy atom. The Balaban J connectivity index is 1.96. The molecule has 9 heteroatoms. The van der Waals surface area contributed by atoms with Gasteiger partial charge in [-0.1, -0.05) is 12.1 Å². The second-order valence-corrected chi connectivity index (χ2v) is 9.15. The van der Waals surface area contributed by atoms with Gasteiger partial charge in [0.25, 0.3) is 0 Å². The maximum Gasteiger partial charge on any atom is 0.312 e. The number of nitrogens with zero attached hydrogens (tertiary/aromatic N) is 1. The van der Waals surface area contributed by atoms with Crippen molar-refractivity contribution in [2.45, 2.75) is 70.1 Å². The van der Waals surface area contributed by atoms with Crippen LogP contribution in [0.25, 0.3) is 0 Å². The number of halogens is 1. The van der Waals surface area contributed by atoms with Crippen LogP contribution in [0.2, 0.25) is 0 Å². The van der Waals surface area contributed by atoms with Gasteiger partial charge in [-0.25, -0.2) is 4.39 Å². The Bertz CT molecular complexity index is 932. The first-order chi connectivity index (χ1) is 16.2. The maximum absolute atomic E-state index is 14.0. The van der Waals surface area contributed by atoms with Gasteiger partial charge in [0, 0.05) is 26.3 Å². The first kappa shape index (κ1) is 25.8. The Morgan fingerprint density at radius 3 is 2.65 bits per heavy atom. The third kappa shape index (κ3) is 5.63. The number of ether oxygens (including phenoxy) is 2. The number of ketones is 1. The van der Waals surface area contributed by atoms with Crippen LogP contribution >= 0.6 is 0 Å². The number of amides is 1. The standard InChI is InChI=1S/C25H33FN2O6/c1-16(34-17(2)29)20(24(32)33-3)14-22(30)25(15-18-7-4-8-19(26)13-18)10-6-12-28(25)23(31)21-9-5-11-27-21/h4,7-8,13,16,20-21,27H,5-6,9-12,14-15H2,1-3H3/t16-,20+,21+,25?/m1/s1. The number of Topliss-reactive ketones (excluding diaryl/α,β-unsaturated/α-hetero) is 1. The van der Waals surface area contributed by atoms with Crippen LogP contribution < -0.4 is 5.32 Å². The quantitative estimate of drug-likeness (QED) is 0.545. The van der Waals surface area contributed by atoms with Gasteiger partial charge >= 0.3 is 11.9 Å². The highest BCUT2D eigenvalue weighted by Gasteiger charge is 2.51. The lowest BCUT2D eigenvalue weighted by atomic mass is 9.79. The van der Waals surface area contributed by atoms with E-state index in [1.807, 2.05) is 0 Å². The molecule has 186 valence electrons. The highest BCUT2D eigenvalue weighted by Crippen LogP contribution is 2.37.